The number of amides is 1. The molecule has 0 fully saturated rings. The molecule has 0 aromatic rings. The number of hydrogen-bond acceptors (Lipinski definition) is 3. The molecule has 3 N–H and O–H groups in total. The van der Waals surface area contributed by atoms with Gasteiger partial charge in [-0.1, -0.05) is 6.92 Å². The second-order valence-corrected chi connectivity index (χ2v) is 2.81. The average Bonchev–Trinajstić information content (AvgIpc) is 2.02. The van der Waals surface area contributed by atoms with Crippen LogP contribution in [0.4, 0.5) is 0 Å². The smallest absolute Gasteiger partial charge is 0.326 e. The minimum absolute atomic E-state index is 0.198. The van der Waals surface area contributed by atoms with Crippen molar-refractivity contribution in [3.63, 3.8) is 0 Å². The summed E-state index contributed by atoms with van der Waals surface area (Å²) >= 11 is 0. The number of carbonyl (C=O) groups is 3. The Morgan fingerprint density at radius 2 is 1.86 bits per heavy atom. The van der Waals surface area contributed by atoms with Gasteiger partial charge >= 0.3 is 11.9 Å². The lowest BCUT2D eigenvalue weighted by Crippen LogP contribution is -2.42. The fourth-order valence-corrected chi connectivity index (χ4v) is 0.868. The zero-order chi connectivity index (χ0) is 11.1. The molecule has 0 spiro atoms. The van der Waals surface area contributed by atoms with Gasteiger partial charge in [0.25, 0.3) is 0 Å². The quantitative estimate of drug-likeness (QED) is 0.556. The van der Waals surface area contributed by atoms with Crippen molar-refractivity contribution < 1.29 is 24.6 Å². The van der Waals surface area contributed by atoms with E-state index in [1.54, 1.807) is 6.92 Å². The Hall–Kier alpha value is -1.59. The molecule has 0 aromatic carbocycles. The Bertz CT molecular complexity index is 238. The predicted octanol–water partition coefficient (Wildman–Crippen LogP) is -0.169. The van der Waals surface area contributed by atoms with Crippen LogP contribution >= 0.6 is 0 Å². The minimum Gasteiger partial charge on any atom is -0.481 e. The fourth-order valence-electron chi connectivity index (χ4n) is 0.868. The summed E-state index contributed by atoms with van der Waals surface area (Å²) < 4.78 is 0. The van der Waals surface area contributed by atoms with E-state index in [0.717, 1.165) is 0 Å². The Morgan fingerprint density at radius 3 is 2.21 bits per heavy atom. The number of hydrogen-bond donors (Lipinski definition) is 3. The fraction of sp³-hybridized carbons (Fsp3) is 0.625. The number of rotatable bonds is 6. The van der Waals surface area contributed by atoms with Gasteiger partial charge in [-0.2, -0.15) is 0 Å². The maximum atomic E-state index is 11.0. The highest BCUT2D eigenvalue weighted by Crippen LogP contribution is 1.95. The van der Waals surface area contributed by atoms with Crippen molar-refractivity contribution in [2.45, 2.75) is 32.2 Å². The van der Waals surface area contributed by atoms with Crippen LogP contribution in [0.25, 0.3) is 0 Å². The average molecular weight is 203 g/mol. The van der Waals surface area contributed by atoms with Gasteiger partial charge in [0.15, 0.2) is 0 Å². The van der Waals surface area contributed by atoms with Crippen molar-refractivity contribution in [2.75, 3.05) is 0 Å². The van der Waals surface area contributed by atoms with Gasteiger partial charge in [0, 0.05) is 6.42 Å². The van der Waals surface area contributed by atoms with Crippen molar-refractivity contribution in [1.82, 2.24) is 5.32 Å². The van der Waals surface area contributed by atoms with Gasteiger partial charge in [-0.05, 0) is 6.42 Å². The first-order chi connectivity index (χ1) is 6.47. The van der Waals surface area contributed by atoms with Crippen LogP contribution in [0.2, 0.25) is 0 Å². The van der Waals surface area contributed by atoms with E-state index in [1.165, 1.54) is 0 Å². The van der Waals surface area contributed by atoms with E-state index >= 15 is 0 Å². The number of nitrogens with one attached hydrogen (secondary N) is 1. The molecule has 0 radical (unpaired) electrons. The minimum atomic E-state index is -1.34. The topological polar surface area (TPSA) is 104 Å². The van der Waals surface area contributed by atoms with Gasteiger partial charge in [-0.15, -0.1) is 0 Å². The van der Waals surface area contributed by atoms with Gasteiger partial charge in [0.2, 0.25) is 5.91 Å². The van der Waals surface area contributed by atoms with E-state index in [0.29, 0.717) is 6.42 Å². The molecule has 0 aliphatic heterocycles. The van der Waals surface area contributed by atoms with Crippen molar-refractivity contribution in [3.8, 4) is 0 Å². The van der Waals surface area contributed by atoms with Crippen molar-refractivity contribution in [2.24, 2.45) is 0 Å². The van der Waals surface area contributed by atoms with Gasteiger partial charge in [-0.3, -0.25) is 9.59 Å². The summed E-state index contributed by atoms with van der Waals surface area (Å²) in [6.07, 6.45) is 0.180. The lowest BCUT2D eigenvalue weighted by Gasteiger charge is -2.11. The van der Waals surface area contributed by atoms with Crippen LogP contribution in [-0.4, -0.2) is 34.1 Å². The zero-order valence-electron chi connectivity index (χ0n) is 7.82. The van der Waals surface area contributed by atoms with E-state index in [9.17, 15) is 14.4 Å². The molecule has 0 bridgehead atoms. The summed E-state index contributed by atoms with van der Waals surface area (Å²) in [6.45, 7) is 1.77. The van der Waals surface area contributed by atoms with Crippen LogP contribution in [0, 0.1) is 0 Å². The first-order valence-electron chi connectivity index (χ1n) is 4.21. The third kappa shape index (κ3) is 5.13. The Morgan fingerprint density at radius 1 is 1.29 bits per heavy atom. The van der Waals surface area contributed by atoms with E-state index < -0.39 is 30.3 Å². The highest BCUT2D eigenvalue weighted by molar-refractivity contribution is 5.86. The molecule has 0 saturated carbocycles. The molecule has 1 amide bonds. The summed E-state index contributed by atoms with van der Waals surface area (Å²) in [5, 5.41) is 19.1. The zero-order valence-corrected chi connectivity index (χ0v) is 7.82. The van der Waals surface area contributed by atoms with Crippen LogP contribution in [0.5, 0.6) is 0 Å². The van der Waals surface area contributed by atoms with Crippen LogP contribution < -0.4 is 5.32 Å². The van der Waals surface area contributed by atoms with E-state index in [-0.39, 0.29) is 6.42 Å². The molecule has 1 atom stereocenters. The van der Waals surface area contributed by atoms with Crippen molar-refractivity contribution in [3.05, 3.63) is 0 Å². The molecule has 0 unspecified atom stereocenters. The highest BCUT2D eigenvalue weighted by atomic mass is 16.4. The van der Waals surface area contributed by atoms with Crippen molar-refractivity contribution in [1.29, 1.82) is 0 Å². The van der Waals surface area contributed by atoms with Crippen LogP contribution in [0.15, 0.2) is 0 Å². The molecular weight excluding hydrogens is 190 g/mol. The first kappa shape index (κ1) is 12.4. The number of carboxylic acids is 2. The first-order valence-corrected chi connectivity index (χ1v) is 4.21. The molecule has 80 valence electrons. The SMILES string of the molecule is CCCC(=O)N[C@@H](CC(=O)O)C(=O)O. The molecule has 0 rings (SSSR count). The molecule has 6 heteroatoms. The molecule has 0 aromatic heterocycles. The lowest BCUT2D eigenvalue weighted by atomic mass is 10.2. The molecule has 0 saturated heterocycles. The molecule has 6 nitrogen and oxygen atoms in total. The molecule has 14 heavy (non-hydrogen) atoms. The summed E-state index contributed by atoms with van der Waals surface area (Å²) in [5.41, 5.74) is 0. The van der Waals surface area contributed by atoms with Crippen LogP contribution in [0.3, 0.4) is 0 Å². The molecule has 0 heterocycles. The van der Waals surface area contributed by atoms with Gasteiger partial charge in [0.05, 0.1) is 6.42 Å². The van der Waals surface area contributed by atoms with Crippen LogP contribution in [-0.2, 0) is 14.4 Å². The summed E-state index contributed by atoms with van der Waals surface area (Å²) in [6, 6.07) is -1.34. The molecular formula is C8H13NO5. The number of carboxylic acid groups (broad SMARTS) is 2. The Labute approximate surface area is 80.9 Å². The predicted molar refractivity (Wildman–Crippen MR) is 46.7 cm³/mol. The summed E-state index contributed by atoms with van der Waals surface area (Å²) in [4.78, 5) is 31.7. The van der Waals surface area contributed by atoms with E-state index in [1.807, 2.05) is 0 Å². The number of carbonyl (C=O) groups excluding carboxylic acids is 1. The second kappa shape index (κ2) is 5.95. The third-order valence-electron chi connectivity index (χ3n) is 1.49. The largest absolute Gasteiger partial charge is 0.481 e. The molecule has 0 aliphatic rings. The maximum Gasteiger partial charge on any atom is 0.326 e. The van der Waals surface area contributed by atoms with Gasteiger partial charge < -0.3 is 15.5 Å². The maximum absolute atomic E-state index is 11.0. The summed E-state index contributed by atoms with van der Waals surface area (Å²) in [5.74, 6) is -3.03. The Balaban J connectivity index is 4.16. The van der Waals surface area contributed by atoms with E-state index in [2.05, 4.69) is 5.32 Å². The lowest BCUT2D eigenvalue weighted by molar-refractivity contribution is -0.147. The Kier molecular flexibility index (Phi) is 5.28. The standard InChI is InChI=1S/C8H13NO5/c1-2-3-6(10)9-5(8(13)14)4-7(11)12/h5H,2-4H2,1H3,(H,9,10)(H,11,12)(H,13,14)/t5-/m0/s1. The number of aliphatic carboxylic acids is 2. The third-order valence-corrected chi connectivity index (χ3v) is 1.49. The normalized spacial score (nSPS) is 11.8. The summed E-state index contributed by atoms with van der Waals surface area (Å²) in [7, 11) is 0. The monoisotopic (exact) mass is 203 g/mol. The van der Waals surface area contributed by atoms with E-state index in [4.69, 9.17) is 10.2 Å². The van der Waals surface area contributed by atoms with Crippen molar-refractivity contribution >= 4 is 17.8 Å². The van der Waals surface area contributed by atoms with Gasteiger partial charge in [-0.25, -0.2) is 4.79 Å². The second-order valence-electron chi connectivity index (χ2n) is 2.81. The van der Waals surface area contributed by atoms with Gasteiger partial charge in [0.1, 0.15) is 6.04 Å². The van der Waals surface area contributed by atoms with Crippen LogP contribution in [0.1, 0.15) is 26.2 Å². The molecule has 0 aliphatic carbocycles. The highest BCUT2D eigenvalue weighted by Gasteiger charge is 2.22.